The van der Waals surface area contributed by atoms with Crippen molar-refractivity contribution in [2.24, 2.45) is 0 Å². The van der Waals surface area contributed by atoms with Gasteiger partial charge in [0.15, 0.2) is 0 Å². The number of imide groups is 1. The standard InChI is InChI=1S/C20H20N2O3S/c23-18(21-15-8-2-1-3-9-15)14-26-13-7-6-12-22-19(24)16-10-4-5-11-17(16)20(22)25/h1-5,8-11H,6-7,12-14H2,(H,21,23). The third-order valence-electron chi connectivity index (χ3n) is 4.09. The number of nitrogens with one attached hydrogen (secondary N) is 1. The van der Waals surface area contributed by atoms with Crippen molar-refractivity contribution in [3.8, 4) is 0 Å². The molecule has 134 valence electrons. The molecule has 1 aliphatic rings. The van der Waals surface area contributed by atoms with Gasteiger partial charge in [-0.25, -0.2) is 0 Å². The third-order valence-corrected chi connectivity index (χ3v) is 5.13. The van der Waals surface area contributed by atoms with Gasteiger partial charge in [-0.15, -0.1) is 0 Å². The minimum atomic E-state index is -0.208. The average molecular weight is 368 g/mol. The van der Waals surface area contributed by atoms with Crippen LogP contribution in [-0.4, -0.2) is 40.7 Å². The van der Waals surface area contributed by atoms with Gasteiger partial charge in [0, 0.05) is 12.2 Å². The molecule has 6 heteroatoms. The zero-order valence-corrected chi connectivity index (χ0v) is 15.1. The second-order valence-electron chi connectivity index (χ2n) is 5.98. The number of nitrogens with zero attached hydrogens (tertiary/aromatic N) is 1. The Bertz CT molecular complexity index is 773. The lowest BCUT2D eigenvalue weighted by atomic mass is 10.1. The fourth-order valence-corrected chi connectivity index (χ4v) is 3.61. The Hall–Kier alpha value is -2.60. The van der Waals surface area contributed by atoms with Crippen LogP contribution in [-0.2, 0) is 4.79 Å². The monoisotopic (exact) mass is 368 g/mol. The van der Waals surface area contributed by atoms with E-state index in [0.29, 0.717) is 23.4 Å². The van der Waals surface area contributed by atoms with E-state index in [4.69, 9.17) is 0 Å². The number of hydrogen-bond donors (Lipinski definition) is 1. The molecule has 1 heterocycles. The van der Waals surface area contributed by atoms with E-state index >= 15 is 0 Å². The summed E-state index contributed by atoms with van der Waals surface area (Å²) in [4.78, 5) is 37.6. The van der Waals surface area contributed by atoms with Crippen molar-refractivity contribution in [2.75, 3.05) is 23.4 Å². The van der Waals surface area contributed by atoms with Gasteiger partial charge in [-0.1, -0.05) is 30.3 Å². The molecule has 0 bridgehead atoms. The molecule has 2 aromatic carbocycles. The Morgan fingerprint density at radius 3 is 2.15 bits per heavy atom. The molecule has 0 unspecified atom stereocenters. The van der Waals surface area contributed by atoms with Crippen LogP contribution in [0.2, 0.25) is 0 Å². The number of fused-ring (bicyclic) bond motifs is 1. The number of amides is 3. The quantitative estimate of drug-likeness (QED) is 0.573. The normalized spacial score (nSPS) is 13.0. The van der Waals surface area contributed by atoms with Gasteiger partial charge in [-0.05, 0) is 42.9 Å². The summed E-state index contributed by atoms with van der Waals surface area (Å²) in [7, 11) is 0. The molecular weight excluding hydrogens is 348 g/mol. The van der Waals surface area contributed by atoms with Gasteiger partial charge in [0.25, 0.3) is 11.8 Å². The zero-order chi connectivity index (χ0) is 18.4. The molecule has 0 saturated heterocycles. The van der Waals surface area contributed by atoms with Gasteiger partial charge >= 0.3 is 0 Å². The van der Waals surface area contributed by atoms with Crippen molar-refractivity contribution >= 4 is 35.2 Å². The van der Waals surface area contributed by atoms with Crippen LogP contribution < -0.4 is 5.32 Å². The Labute approximate surface area is 156 Å². The van der Waals surface area contributed by atoms with E-state index in [1.165, 1.54) is 4.90 Å². The van der Waals surface area contributed by atoms with Crippen molar-refractivity contribution in [1.29, 1.82) is 0 Å². The SMILES string of the molecule is O=C(CSCCCCN1C(=O)c2ccccc2C1=O)Nc1ccccc1. The molecule has 2 aromatic rings. The maximum Gasteiger partial charge on any atom is 0.261 e. The van der Waals surface area contributed by atoms with Crippen LogP contribution in [0.25, 0.3) is 0 Å². The number of unbranched alkanes of at least 4 members (excludes halogenated alkanes) is 1. The van der Waals surface area contributed by atoms with E-state index in [-0.39, 0.29) is 17.7 Å². The van der Waals surface area contributed by atoms with Gasteiger partial charge in [-0.3, -0.25) is 19.3 Å². The number of carbonyl (C=O) groups is 3. The molecule has 0 radical (unpaired) electrons. The van der Waals surface area contributed by atoms with E-state index in [1.54, 1.807) is 36.0 Å². The molecule has 0 aromatic heterocycles. The van der Waals surface area contributed by atoms with Crippen LogP contribution in [0.5, 0.6) is 0 Å². The first-order valence-electron chi connectivity index (χ1n) is 8.54. The lowest BCUT2D eigenvalue weighted by molar-refractivity contribution is -0.113. The second kappa shape index (κ2) is 8.67. The minimum absolute atomic E-state index is 0.0263. The Balaban J connectivity index is 1.33. The van der Waals surface area contributed by atoms with Crippen molar-refractivity contribution < 1.29 is 14.4 Å². The van der Waals surface area contributed by atoms with Crippen LogP contribution in [0, 0.1) is 0 Å². The molecule has 0 saturated carbocycles. The Kier molecular flexibility index (Phi) is 6.07. The molecule has 0 spiro atoms. The van der Waals surface area contributed by atoms with Crippen LogP contribution in [0.1, 0.15) is 33.6 Å². The van der Waals surface area contributed by atoms with Crippen molar-refractivity contribution in [3.05, 3.63) is 65.7 Å². The van der Waals surface area contributed by atoms with Crippen molar-refractivity contribution in [3.63, 3.8) is 0 Å². The fourth-order valence-electron chi connectivity index (χ4n) is 2.80. The largest absolute Gasteiger partial charge is 0.325 e. The van der Waals surface area contributed by atoms with E-state index in [0.717, 1.165) is 24.3 Å². The maximum atomic E-state index is 12.2. The highest BCUT2D eigenvalue weighted by atomic mass is 32.2. The number of benzene rings is 2. The predicted molar refractivity (Wildman–Crippen MR) is 103 cm³/mol. The molecule has 0 aliphatic carbocycles. The topological polar surface area (TPSA) is 66.5 Å². The summed E-state index contributed by atoms with van der Waals surface area (Å²) in [6.07, 6.45) is 1.58. The van der Waals surface area contributed by atoms with Gasteiger partial charge in [0.2, 0.25) is 5.91 Å². The number of anilines is 1. The smallest absolute Gasteiger partial charge is 0.261 e. The Morgan fingerprint density at radius 2 is 1.50 bits per heavy atom. The molecule has 0 fully saturated rings. The summed E-state index contributed by atoms with van der Waals surface area (Å²) >= 11 is 1.55. The van der Waals surface area contributed by atoms with Gasteiger partial charge in [0.05, 0.1) is 16.9 Å². The third kappa shape index (κ3) is 4.32. The first-order chi connectivity index (χ1) is 12.7. The fraction of sp³-hybridized carbons (Fsp3) is 0.250. The first-order valence-corrected chi connectivity index (χ1v) is 9.70. The number of carbonyl (C=O) groups excluding carboxylic acids is 3. The minimum Gasteiger partial charge on any atom is -0.325 e. The number of thioether (sulfide) groups is 1. The Morgan fingerprint density at radius 1 is 0.885 bits per heavy atom. The zero-order valence-electron chi connectivity index (χ0n) is 14.3. The number of hydrogen-bond acceptors (Lipinski definition) is 4. The molecule has 1 N–H and O–H groups in total. The summed E-state index contributed by atoms with van der Waals surface area (Å²) in [5, 5.41) is 2.84. The highest BCUT2D eigenvalue weighted by Gasteiger charge is 2.34. The average Bonchev–Trinajstić information content (AvgIpc) is 2.90. The first kappa shape index (κ1) is 18.2. The van der Waals surface area contributed by atoms with Crippen LogP contribution in [0.4, 0.5) is 5.69 Å². The number of rotatable bonds is 8. The van der Waals surface area contributed by atoms with E-state index in [1.807, 2.05) is 30.3 Å². The van der Waals surface area contributed by atoms with Gasteiger partial charge in [-0.2, -0.15) is 11.8 Å². The van der Waals surface area contributed by atoms with Crippen molar-refractivity contribution in [1.82, 2.24) is 4.90 Å². The van der Waals surface area contributed by atoms with Gasteiger partial charge in [0.1, 0.15) is 0 Å². The highest BCUT2D eigenvalue weighted by Crippen LogP contribution is 2.22. The summed E-state index contributed by atoms with van der Waals surface area (Å²) < 4.78 is 0. The molecule has 5 nitrogen and oxygen atoms in total. The molecule has 26 heavy (non-hydrogen) atoms. The summed E-state index contributed by atoms with van der Waals surface area (Å²) in [5.41, 5.74) is 1.78. The van der Waals surface area contributed by atoms with Gasteiger partial charge < -0.3 is 5.32 Å². The predicted octanol–water partition coefficient (Wildman–Crippen LogP) is 3.43. The lowest BCUT2D eigenvalue weighted by Crippen LogP contribution is -2.30. The molecular formula is C20H20N2O3S. The summed E-state index contributed by atoms with van der Waals surface area (Å²) in [6.45, 7) is 0.420. The maximum absolute atomic E-state index is 12.2. The highest BCUT2D eigenvalue weighted by molar-refractivity contribution is 7.99. The summed E-state index contributed by atoms with van der Waals surface area (Å²) in [6, 6.07) is 16.3. The van der Waals surface area contributed by atoms with Crippen LogP contribution >= 0.6 is 11.8 Å². The van der Waals surface area contributed by atoms with E-state index in [9.17, 15) is 14.4 Å². The van der Waals surface area contributed by atoms with Crippen LogP contribution in [0.15, 0.2) is 54.6 Å². The second-order valence-corrected chi connectivity index (χ2v) is 7.09. The molecule has 3 amide bonds. The number of para-hydroxylation sites is 1. The molecule has 3 rings (SSSR count). The van der Waals surface area contributed by atoms with Crippen molar-refractivity contribution in [2.45, 2.75) is 12.8 Å². The lowest BCUT2D eigenvalue weighted by Gasteiger charge is -2.13. The summed E-state index contributed by atoms with van der Waals surface area (Å²) in [5.74, 6) is 0.760. The van der Waals surface area contributed by atoms with E-state index < -0.39 is 0 Å². The molecule has 0 atom stereocenters. The van der Waals surface area contributed by atoms with Crippen LogP contribution in [0.3, 0.4) is 0 Å². The van der Waals surface area contributed by atoms with E-state index in [2.05, 4.69) is 5.32 Å². The molecule has 1 aliphatic heterocycles.